The molecule has 10 heteroatoms. The van der Waals surface area contributed by atoms with Gasteiger partial charge in [0.05, 0.1) is 7.11 Å². The third-order valence-electron chi connectivity index (χ3n) is 7.36. The van der Waals surface area contributed by atoms with Crippen LogP contribution in [0.4, 0.5) is 0 Å². The SMILES string of the molecule is COc1ccc(C(C(=O)NC2CCCC2)N(C(=O)Cn2nnc(-c3ccc(C)o3)n2)C2CCCC2)cc1. The van der Waals surface area contributed by atoms with Crippen LogP contribution in [0, 0.1) is 6.92 Å². The molecule has 5 rings (SSSR count). The summed E-state index contributed by atoms with van der Waals surface area (Å²) in [5.41, 5.74) is 0.759. The van der Waals surface area contributed by atoms with Gasteiger partial charge in [-0.3, -0.25) is 9.59 Å². The molecule has 10 nitrogen and oxygen atoms in total. The second-order valence-electron chi connectivity index (χ2n) is 9.96. The number of benzene rings is 1. The maximum Gasteiger partial charge on any atom is 0.247 e. The molecule has 2 amide bonds. The predicted molar refractivity (Wildman–Crippen MR) is 135 cm³/mol. The van der Waals surface area contributed by atoms with Gasteiger partial charge in [0.25, 0.3) is 0 Å². The smallest absolute Gasteiger partial charge is 0.247 e. The van der Waals surface area contributed by atoms with E-state index in [9.17, 15) is 9.59 Å². The van der Waals surface area contributed by atoms with Crippen LogP contribution in [0.25, 0.3) is 11.6 Å². The van der Waals surface area contributed by atoms with Gasteiger partial charge in [0.1, 0.15) is 24.1 Å². The Hall–Kier alpha value is -3.69. The van der Waals surface area contributed by atoms with Crippen molar-refractivity contribution in [2.75, 3.05) is 7.11 Å². The second kappa shape index (κ2) is 11.1. The average Bonchev–Trinajstić information content (AvgIpc) is 3.71. The molecule has 0 saturated heterocycles. The van der Waals surface area contributed by atoms with E-state index >= 15 is 0 Å². The van der Waals surface area contributed by atoms with Crippen LogP contribution in [-0.2, 0) is 16.1 Å². The van der Waals surface area contributed by atoms with Crippen molar-refractivity contribution < 1.29 is 18.7 Å². The van der Waals surface area contributed by atoms with Crippen molar-refractivity contribution in [1.82, 2.24) is 30.4 Å². The average molecular weight is 507 g/mol. The van der Waals surface area contributed by atoms with Crippen molar-refractivity contribution in [1.29, 1.82) is 0 Å². The zero-order valence-electron chi connectivity index (χ0n) is 21.4. The van der Waals surface area contributed by atoms with Crippen molar-refractivity contribution in [2.45, 2.75) is 83.0 Å². The number of ether oxygens (including phenoxy) is 1. The molecule has 2 saturated carbocycles. The molecule has 3 aromatic rings. The first-order valence-corrected chi connectivity index (χ1v) is 13.1. The number of amides is 2. The molecule has 2 aromatic heterocycles. The van der Waals surface area contributed by atoms with Gasteiger partial charge in [-0.1, -0.05) is 37.8 Å². The topological polar surface area (TPSA) is 115 Å². The van der Waals surface area contributed by atoms with Crippen molar-refractivity contribution in [3.63, 3.8) is 0 Å². The number of nitrogens with zero attached hydrogens (tertiary/aromatic N) is 5. The predicted octanol–water partition coefficient (Wildman–Crippen LogP) is 3.82. The van der Waals surface area contributed by atoms with Crippen LogP contribution in [0.2, 0.25) is 0 Å². The highest BCUT2D eigenvalue weighted by Gasteiger charge is 2.38. The lowest BCUT2D eigenvalue weighted by Crippen LogP contribution is -2.50. The minimum Gasteiger partial charge on any atom is -0.497 e. The van der Waals surface area contributed by atoms with E-state index < -0.39 is 6.04 Å². The van der Waals surface area contributed by atoms with E-state index in [0.717, 1.165) is 62.7 Å². The molecule has 37 heavy (non-hydrogen) atoms. The number of hydrogen-bond acceptors (Lipinski definition) is 7. The summed E-state index contributed by atoms with van der Waals surface area (Å²) in [6.45, 7) is 1.72. The minimum absolute atomic E-state index is 0.0374. The summed E-state index contributed by atoms with van der Waals surface area (Å²) in [6.07, 6.45) is 7.92. The zero-order chi connectivity index (χ0) is 25.8. The van der Waals surface area contributed by atoms with Gasteiger partial charge >= 0.3 is 0 Å². The number of nitrogens with one attached hydrogen (secondary N) is 1. The van der Waals surface area contributed by atoms with Crippen molar-refractivity contribution in [2.24, 2.45) is 0 Å². The Balaban J connectivity index is 1.44. The van der Waals surface area contributed by atoms with Crippen LogP contribution in [0.3, 0.4) is 0 Å². The van der Waals surface area contributed by atoms with E-state index in [0.29, 0.717) is 17.3 Å². The number of furan rings is 1. The van der Waals surface area contributed by atoms with Gasteiger partial charge < -0.3 is 19.4 Å². The summed E-state index contributed by atoms with van der Waals surface area (Å²) >= 11 is 0. The number of aryl methyl sites for hydroxylation is 1. The van der Waals surface area contributed by atoms with Gasteiger partial charge in [0.2, 0.25) is 17.6 Å². The normalized spacial score (nSPS) is 17.1. The van der Waals surface area contributed by atoms with Crippen molar-refractivity contribution in [3.8, 4) is 17.3 Å². The van der Waals surface area contributed by atoms with Crippen molar-refractivity contribution >= 4 is 11.8 Å². The lowest BCUT2D eigenvalue weighted by Gasteiger charge is -2.36. The van der Waals surface area contributed by atoms with E-state index in [2.05, 4.69) is 20.7 Å². The fraction of sp³-hybridized carbons (Fsp3) is 0.519. The van der Waals surface area contributed by atoms with Crippen LogP contribution in [0.1, 0.15) is 68.7 Å². The summed E-state index contributed by atoms with van der Waals surface area (Å²) < 4.78 is 10.9. The van der Waals surface area contributed by atoms with Gasteiger partial charge in [-0.15, -0.1) is 10.2 Å². The molecule has 0 bridgehead atoms. The third kappa shape index (κ3) is 5.68. The number of rotatable bonds is 9. The first-order chi connectivity index (χ1) is 18.0. The van der Waals surface area contributed by atoms with Gasteiger partial charge in [0, 0.05) is 12.1 Å². The fourth-order valence-electron chi connectivity index (χ4n) is 5.48. The van der Waals surface area contributed by atoms with E-state index in [1.165, 1.54) is 4.80 Å². The van der Waals surface area contributed by atoms with E-state index in [-0.39, 0.29) is 30.4 Å². The van der Waals surface area contributed by atoms with Crippen LogP contribution >= 0.6 is 0 Å². The number of hydrogen-bond donors (Lipinski definition) is 1. The fourth-order valence-corrected chi connectivity index (χ4v) is 5.48. The number of carbonyl (C=O) groups is 2. The quantitative estimate of drug-likeness (QED) is 0.469. The number of aromatic nitrogens is 4. The first kappa shape index (κ1) is 25.0. The van der Waals surface area contributed by atoms with Gasteiger partial charge in [-0.25, -0.2) is 0 Å². The molecule has 0 spiro atoms. The van der Waals surface area contributed by atoms with Crippen LogP contribution in [-0.4, -0.2) is 56.1 Å². The molecule has 2 aliphatic rings. The molecule has 0 aliphatic heterocycles. The molecular weight excluding hydrogens is 472 g/mol. The highest BCUT2D eigenvalue weighted by atomic mass is 16.5. The molecule has 2 aliphatic carbocycles. The Morgan fingerprint density at radius 1 is 1.08 bits per heavy atom. The Morgan fingerprint density at radius 3 is 2.43 bits per heavy atom. The maximum absolute atomic E-state index is 13.9. The largest absolute Gasteiger partial charge is 0.497 e. The Kier molecular flexibility index (Phi) is 7.52. The molecule has 2 fully saturated rings. The van der Waals surface area contributed by atoms with Gasteiger partial charge in [0.15, 0.2) is 5.76 Å². The Labute approximate surface area is 216 Å². The lowest BCUT2D eigenvalue weighted by molar-refractivity contribution is -0.144. The molecule has 0 radical (unpaired) electrons. The molecule has 196 valence electrons. The third-order valence-corrected chi connectivity index (χ3v) is 7.36. The summed E-state index contributed by atoms with van der Waals surface area (Å²) in [4.78, 5) is 30.7. The summed E-state index contributed by atoms with van der Waals surface area (Å²) in [7, 11) is 1.61. The number of tetrazole rings is 1. The molecule has 1 N–H and O–H groups in total. The van der Waals surface area contributed by atoms with Crippen LogP contribution in [0.5, 0.6) is 5.75 Å². The van der Waals surface area contributed by atoms with E-state index in [4.69, 9.17) is 9.15 Å². The summed E-state index contributed by atoms with van der Waals surface area (Å²) in [5, 5.41) is 15.7. The summed E-state index contributed by atoms with van der Waals surface area (Å²) in [5.74, 6) is 1.90. The number of methoxy groups -OCH3 is 1. The molecule has 1 atom stereocenters. The molecule has 1 aromatic carbocycles. The number of carbonyl (C=O) groups excluding carboxylic acids is 2. The van der Waals surface area contributed by atoms with Gasteiger partial charge in [-0.2, -0.15) is 4.80 Å². The lowest BCUT2D eigenvalue weighted by atomic mass is 10.00. The van der Waals surface area contributed by atoms with Crippen LogP contribution < -0.4 is 10.1 Å². The maximum atomic E-state index is 13.9. The highest BCUT2D eigenvalue weighted by molar-refractivity contribution is 5.89. The Bertz CT molecular complexity index is 1210. The highest BCUT2D eigenvalue weighted by Crippen LogP contribution is 2.33. The first-order valence-electron chi connectivity index (χ1n) is 13.1. The monoisotopic (exact) mass is 506 g/mol. The summed E-state index contributed by atoms with van der Waals surface area (Å²) in [6, 6.07) is 10.4. The zero-order valence-corrected chi connectivity index (χ0v) is 21.4. The van der Waals surface area contributed by atoms with Crippen molar-refractivity contribution in [3.05, 3.63) is 47.7 Å². The minimum atomic E-state index is -0.752. The van der Waals surface area contributed by atoms with E-state index in [1.807, 2.05) is 37.3 Å². The second-order valence-corrected chi connectivity index (χ2v) is 9.96. The Morgan fingerprint density at radius 2 is 1.78 bits per heavy atom. The molecule has 2 heterocycles. The van der Waals surface area contributed by atoms with Gasteiger partial charge in [-0.05, 0) is 67.6 Å². The van der Waals surface area contributed by atoms with E-state index in [1.54, 1.807) is 18.1 Å². The standard InChI is InChI=1S/C27H34N6O4/c1-18-11-16-23(37-18)26-29-31-32(30-26)17-24(34)33(21-9-5-6-10-21)25(19-12-14-22(36-2)15-13-19)27(35)28-20-7-3-4-8-20/h11-16,20-21,25H,3-10,17H2,1-2H3,(H,28,35). The van der Waals surface area contributed by atoms with Crippen LogP contribution in [0.15, 0.2) is 40.8 Å². The molecule has 1 unspecified atom stereocenters. The molecular formula is C27H34N6O4.